The Balaban J connectivity index is 2.09. The summed E-state index contributed by atoms with van der Waals surface area (Å²) in [5.41, 5.74) is 0. The van der Waals surface area contributed by atoms with Crippen molar-refractivity contribution in [3.8, 4) is 5.88 Å². The van der Waals surface area contributed by atoms with Gasteiger partial charge in [0.1, 0.15) is 0 Å². The van der Waals surface area contributed by atoms with Crippen LogP contribution in [-0.4, -0.2) is 18.3 Å². The van der Waals surface area contributed by atoms with Gasteiger partial charge in [-0.1, -0.05) is 12.0 Å². The Bertz CT molecular complexity index is 321. The van der Waals surface area contributed by atoms with Gasteiger partial charge in [0.2, 0.25) is 11.8 Å². The SMILES string of the molecule is B1C=CC(Oc2ccccn2)=N1. The molecule has 0 fully saturated rings. The zero-order valence-corrected chi connectivity index (χ0v) is 6.47. The predicted molar refractivity (Wildman–Crippen MR) is 48.6 cm³/mol. The lowest BCUT2D eigenvalue weighted by Gasteiger charge is -2.00. The molecule has 4 heteroatoms. The van der Waals surface area contributed by atoms with Gasteiger partial charge in [0.25, 0.3) is 7.41 Å². The van der Waals surface area contributed by atoms with Crippen molar-refractivity contribution >= 4 is 13.3 Å². The van der Waals surface area contributed by atoms with Crippen molar-refractivity contribution in [1.29, 1.82) is 0 Å². The minimum absolute atomic E-state index is 0.586. The average molecular weight is 158 g/mol. The highest BCUT2D eigenvalue weighted by Crippen LogP contribution is 2.05. The summed E-state index contributed by atoms with van der Waals surface area (Å²) >= 11 is 0. The van der Waals surface area contributed by atoms with Gasteiger partial charge < -0.3 is 9.64 Å². The van der Waals surface area contributed by atoms with Gasteiger partial charge in [-0.25, -0.2) is 4.98 Å². The zero-order valence-electron chi connectivity index (χ0n) is 6.47. The number of hydrogen-bond acceptors (Lipinski definition) is 3. The maximum Gasteiger partial charge on any atom is 0.292 e. The highest BCUT2D eigenvalue weighted by molar-refractivity contribution is 6.46. The molecule has 0 spiro atoms. The Labute approximate surface area is 71.1 Å². The summed E-state index contributed by atoms with van der Waals surface area (Å²) in [6.45, 7) is 0. The van der Waals surface area contributed by atoms with Crippen molar-refractivity contribution in [2.24, 2.45) is 4.90 Å². The Hall–Kier alpha value is -1.58. The van der Waals surface area contributed by atoms with Crippen molar-refractivity contribution in [1.82, 2.24) is 4.98 Å². The second kappa shape index (κ2) is 3.22. The van der Waals surface area contributed by atoms with Crippen molar-refractivity contribution < 1.29 is 4.74 Å². The first-order chi connectivity index (χ1) is 5.95. The van der Waals surface area contributed by atoms with Crippen LogP contribution in [0.1, 0.15) is 0 Å². The minimum atomic E-state index is 0.586. The second-order valence-corrected chi connectivity index (χ2v) is 2.35. The van der Waals surface area contributed by atoms with Crippen LogP contribution >= 0.6 is 0 Å². The molecule has 0 saturated carbocycles. The lowest BCUT2D eigenvalue weighted by molar-refractivity contribution is 0.534. The van der Waals surface area contributed by atoms with Crippen LogP contribution < -0.4 is 4.74 Å². The summed E-state index contributed by atoms with van der Waals surface area (Å²) < 4.78 is 5.33. The molecule has 0 aromatic carbocycles. The summed E-state index contributed by atoms with van der Waals surface area (Å²) in [6, 6.07) is 5.52. The van der Waals surface area contributed by atoms with Crippen LogP contribution in [0, 0.1) is 0 Å². The molecule has 0 unspecified atom stereocenters. The fraction of sp³-hybridized carbons (Fsp3) is 0. The van der Waals surface area contributed by atoms with E-state index in [2.05, 4.69) is 9.89 Å². The van der Waals surface area contributed by atoms with Gasteiger partial charge in [0.05, 0.1) is 0 Å². The molecule has 1 aliphatic heterocycles. The van der Waals surface area contributed by atoms with Crippen LogP contribution in [0.15, 0.2) is 41.4 Å². The topological polar surface area (TPSA) is 34.5 Å². The Morgan fingerprint density at radius 1 is 1.33 bits per heavy atom. The van der Waals surface area contributed by atoms with E-state index in [4.69, 9.17) is 4.74 Å². The van der Waals surface area contributed by atoms with E-state index in [9.17, 15) is 0 Å². The number of aromatic nitrogens is 1. The largest absolute Gasteiger partial charge is 0.422 e. The van der Waals surface area contributed by atoms with Crippen LogP contribution in [0.3, 0.4) is 0 Å². The second-order valence-electron chi connectivity index (χ2n) is 2.35. The Morgan fingerprint density at radius 2 is 2.33 bits per heavy atom. The standard InChI is InChI=1S/C8H7BN2O/c1-2-6-10-7(3-1)12-8-4-5-9-11-8/h1-6,9H. The number of hydrogen-bond donors (Lipinski definition) is 0. The third-order valence-electron chi connectivity index (χ3n) is 1.46. The lowest BCUT2D eigenvalue weighted by Crippen LogP contribution is -2.03. The molecule has 0 aliphatic carbocycles. The van der Waals surface area contributed by atoms with Gasteiger partial charge in [-0.2, -0.15) is 0 Å². The molecule has 1 aromatic rings. The first-order valence-corrected chi connectivity index (χ1v) is 3.75. The van der Waals surface area contributed by atoms with Crippen LogP contribution in [-0.2, 0) is 0 Å². The molecular formula is C8H7BN2O. The van der Waals surface area contributed by atoms with E-state index in [1.165, 1.54) is 0 Å². The zero-order chi connectivity index (χ0) is 8.23. The fourth-order valence-corrected chi connectivity index (χ4v) is 0.930. The molecule has 12 heavy (non-hydrogen) atoms. The summed E-state index contributed by atoms with van der Waals surface area (Å²) in [5, 5.41) is 0. The summed E-state index contributed by atoms with van der Waals surface area (Å²) in [6.07, 6.45) is 3.53. The van der Waals surface area contributed by atoms with E-state index in [1.807, 2.05) is 24.2 Å². The normalized spacial score (nSPS) is 13.8. The molecule has 58 valence electrons. The van der Waals surface area contributed by atoms with Crippen LogP contribution in [0.25, 0.3) is 0 Å². The smallest absolute Gasteiger partial charge is 0.292 e. The van der Waals surface area contributed by atoms with E-state index >= 15 is 0 Å². The number of ether oxygens (including phenoxy) is 1. The van der Waals surface area contributed by atoms with Gasteiger partial charge in [-0.3, -0.25) is 0 Å². The molecule has 0 bridgehead atoms. The van der Waals surface area contributed by atoms with E-state index in [0.29, 0.717) is 19.2 Å². The predicted octanol–water partition coefficient (Wildman–Crippen LogP) is 0.738. The highest BCUT2D eigenvalue weighted by Gasteiger charge is 2.02. The third kappa shape index (κ3) is 1.53. The van der Waals surface area contributed by atoms with Crippen molar-refractivity contribution in [3.05, 3.63) is 36.4 Å². The van der Waals surface area contributed by atoms with Crippen LogP contribution in [0.4, 0.5) is 0 Å². The lowest BCUT2D eigenvalue weighted by atomic mass is 10.00. The maximum absolute atomic E-state index is 5.33. The molecule has 2 rings (SSSR count). The van der Waals surface area contributed by atoms with Crippen LogP contribution in [0.5, 0.6) is 5.88 Å². The molecule has 1 aliphatic rings. The first kappa shape index (κ1) is 7.09. The molecule has 3 nitrogen and oxygen atoms in total. The molecule has 0 amide bonds. The molecule has 0 saturated heterocycles. The van der Waals surface area contributed by atoms with E-state index in [-0.39, 0.29) is 0 Å². The summed E-state index contributed by atoms with van der Waals surface area (Å²) in [7, 11) is 0.710. The molecule has 1 aromatic heterocycles. The van der Waals surface area contributed by atoms with Crippen molar-refractivity contribution in [2.75, 3.05) is 0 Å². The van der Waals surface area contributed by atoms with E-state index < -0.39 is 0 Å². The third-order valence-corrected chi connectivity index (χ3v) is 1.46. The summed E-state index contributed by atoms with van der Waals surface area (Å²) in [5.74, 6) is 3.16. The number of pyridine rings is 1. The molecule has 2 heterocycles. The minimum Gasteiger partial charge on any atom is -0.422 e. The Morgan fingerprint density at radius 3 is 3.00 bits per heavy atom. The first-order valence-electron chi connectivity index (χ1n) is 3.75. The molecular weight excluding hydrogens is 151 g/mol. The molecule has 0 N–H and O–H groups in total. The maximum atomic E-state index is 5.33. The van der Waals surface area contributed by atoms with E-state index in [1.54, 1.807) is 12.3 Å². The van der Waals surface area contributed by atoms with E-state index in [0.717, 1.165) is 0 Å². The van der Waals surface area contributed by atoms with Gasteiger partial charge in [0.15, 0.2) is 0 Å². The monoisotopic (exact) mass is 158 g/mol. The summed E-state index contributed by atoms with van der Waals surface area (Å²) in [4.78, 5) is 8.08. The average Bonchev–Trinajstić information content (AvgIpc) is 2.59. The number of rotatable bonds is 1. The number of nitrogens with zero attached hydrogens (tertiary/aromatic N) is 2. The highest BCUT2D eigenvalue weighted by atomic mass is 16.5. The van der Waals surface area contributed by atoms with Crippen LogP contribution in [0.2, 0.25) is 0 Å². The van der Waals surface area contributed by atoms with Crippen molar-refractivity contribution in [2.45, 2.75) is 0 Å². The molecule has 0 atom stereocenters. The molecule has 0 radical (unpaired) electrons. The van der Waals surface area contributed by atoms with Gasteiger partial charge in [0, 0.05) is 12.3 Å². The van der Waals surface area contributed by atoms with Crippen molar-refractivity contribution in [3.63, 3.8) is 0 Å². The Kier molecular flexibility index (Phi) is 1.90. The van der Waals surface area contributed by atoms with Gasteiger partial charge >= 0.3 is 0 Å². The quantitative estimate of drug-likeness (QED) is 0.564. The van der Waals surface area contributed by atoms with Gasteiger partial charge in [-0.05, 0) is 12.1 Å². The fourth-order valence-electron chi connectivity index (χ4n) is 0.930. The van der Waals surface area contributed by atoms with Gasteiger partial charge in [-0.15, -0.1) is 0 Å².